The van der Waals surface area contributed by atoms with Gasteiger partial charge in [0.15, 0.2) is 0 Å². The van der Waals surface area contributed by atoms with Crippen LogP contribution in [0.2, 0.25) is 5.02 Å². The van der Waals surface area contributed by atoms with E-state index in [0.29, 0.717) is 22.2 Å². The van der Waals surface area contributed by atoms with Gasteiger partial charge in [0.2, 0.25) is 0 Å². The number of halogens is 3. The first-order valence-electron chi connectivity index (χ1n) is 7.73. The summed E-state index contributed by atoms with van der Waals surface area (Å²) in [5.41, 5.74) is 0.786. The van der Waals surface area contributed by atoms with Crippen LogP contribution in [0.1, 0.15) is 44.6 Å². The van der Waals surface area contributed by atoms with E-state index >= 15 is 0 Å². The van der Waals surface area contributed by atoms with Crippen molar-refractivity contribution in [2.75, 3.05) is 13.6 Å². The van der Waals surface area contributed by atoms with Gasteiger partial charge in [0.1, 0.15) is 5.82 Å². The molecule has 0 bridgehead atoms. The lowest BCUT2D eigenvalue weighted by Crippen LogP contribution is -2.32. The molecule has 1 aliphatic carbocycles. The van der Waals surface area contributed by atoms with E-state index in [1.807, 2.05) is 19.2 Å². The van der Waals surface area contributed by atoms with Crippen molar-refractivity contribution in [1.82, 2.24) is 5.32 Å². The van der Waals surface area contributed by atoms with Gasteiger partial charge < -0.3 is 5.32 Å². The maximum Gasteiger partial charge on any atom is 0.146 e. The van der Waals surface area contributed by atoms with Crippen LogP contribution in [-0.4, -0.2) is 13.6 Å². The van der Waals surface area contributed by atoms with E-state index in [4.69, 9.17) is 11.6 Å². The standard InChI is InChI=1S/C17H24BrClFN/c1-10(2)11-4-5-12(9-21-3)14(8-11)13-6-7-15(18)16(19)17(13)20/h6-7,10-12,14,21H,4-5,8-9H2,1-3H3. The Bertz CT molecular complexity index is 492. The molecule has 1 saturated carbocycles. The van der Waals surface area contributed by atoms with Crippen LogP contribution >= 0.6 is 27.5 Å². The molecule has 1 aromatic carbocycles. The lowest BCUT2D eigenvalue weighted by molar-refractivity contribution is 0.190. The molecule has 1 N–H and O–H groups in total. The Hall–Kier alpha value is -0.120. The Kier molecular flexibility index (Phi) is 6.10. The molecule has 2 rings (SSSR count). The van der Waals surface area contributed by atoms with Crippen molar-refractivity contribution in [3.8, 4) is 0 Å². The number of nitrogens with one attached hydrogen (secondary N) is 1. The third-order valence-corrected chi connectivity index (χ3v) is 6.17. The molecule has 1 aromatic rings. The quantitative estimate of drug-likeness (QED) is 0.673. The van der Waals surface area contributed by atoms with Crippen molar-refractivity contribution >= 4 is 27.5 Å². The fraction of sp³-hybridized carbons (Fsp3) is 0.647. The van der Waals surface area contributed by atoms with Gasteiger partial charge >= 0.3 is 0 Å². The summed E-state index contributed by atoms with van der Waals surface area (Å²) in [6.07, 6.45) is 3.45. The van der Waals surface area contributed by atoms with Crippen LogP contribution < -0.4 is 5.32 Å². The lowest BCUT2D eigenvalue weighted by atomic mass is 9.68. The molecule has 0 saturated heterocycles. The molecule has 4 heteroatoms. The number of benzene rings is 1. The first kappa shape index (κ1) is 17.2. The number of hydrogen-bond acceptors (Lipinski definition) is 1. The normalized spacial score (nSPS) is 26.3. The summed E-state index contributed by atoms with van der Waals surface area (Å²) in [6, 6.07) is 3.78. The summed E-state index contributed by atoms with van der Waals surface area (Å²) < 4.78 is 15.2. The second-order valence-electron chi connectivity index (χ2n) is 6.51. The zero-order valence-corrected chi connectivity index (χ0v) is 15.3. The summed E-state index contributed by atoms with van der Waals surface area (Å²) in [4.78, 5) is 0. The molecule has 0 aliphatic heterocycles. The zero-order valence-electron chi connectivity index (χ0n) is 12.9. The average Bonchev–Trinajstić information content (AvgIpc) is 2.46. The summed E-state index contributed by atoms with van der Waals surface area (Å²) >= 11 is 9.39. The highest BCUT2D eigenvalue weighted by molar-refractivity contribution is 9.10. The molecule has 21 heavy (non-hydrogen) atoms. The van der Waals surface area contributed by atoms with Gasteiger partial charge in [0.25, 0.3) is 0 Å². The maximum atomic E-state index is 14.6. The minimum Gasteiger partial charge on any atom is -0.319 e. The summed E-state index contributed by atoms with van der Waals surface area (Å²) in [7, 11) is 1.97. The van der Waals surface area contributed by atoms with Gasteiger partial charge in [-0.25, -0.2) is 4.39 Å². The first-order valence-corrected chi connectivity index (χ1v) is 8.90. The minimum atomic E-state index is -0.249. The molecule has 118 valence electrons. The van der Waals surface area contributed by atoms with Crippen molar-refractivity contribution < 1.29 is 4.39 Å². The van der Waals surface area contributed by atoms with E-state index in [9.17, 15) is 4.39 Å². The van der Waals surface area contributed by atoms with Gasteiger partial charge in [-0.05, 0) is 84.1 Å². The van der Waals surface area contributed by atoms with Gasteiger partial charge in [-0.3, -0.25) is 0 Å². The lowest BCUT2D eigenvalue weighted by Gasteiger charge is -2.38. The van der Waals surface area contributed by atoms with Crippen LogP contribution in [0.15, 0.2) is 16.6 Å². The molecule has 1 nitrogen and oxygen atoms in total. The van der Waals surface area contributed by atoms with E-state index in [0.717, 1.165) is 24.9 Å². The second-order valence-corrected chi connectivity index (χ2v) is 7.74. The van der Waals surface area contributed by atoms with Crippen molar-refractivity contribution in [3.63, 3.8) is 0 Å². The molecular formula is C17H24BrClFN. The topological polar surface area (TPSA) is 12.0 Å². The Balaban J connectivity index is 2.33. The van der Waals surface area contributed by atoms with Crippen LogP contribution in [0.25, 0.3) is 0 Å². The number of rotatable bonds is 4. The third-order valence-electron chi connectivity index (χ3n) is 4.91. The molecular weight excluding hydrogens is 353 g/mol. The van der Waals surface area contributed by atoms with Crippen molar-refractivity contribution in [2.24, 2.45) is 17.8 Å². The zero-order chi connectivity index (χ0) is 15.6. The largest absolute Gasteiger partial charge is 0.319 e. The van der Waals surface area contributed by atoms with E-state index in [-0.39, 0.29) is 16.8 Å². The highest BCUT2D eigenvalue weighted by Crippen LogP contribution is 2.45. The molecule has 3 atom stereocenters. The van der Waals surface area contributed by atoms with Crippen LogP contribution in [0.4, 0.5) is 4.39 Å². The van der Waals surface area contributed by atoms with Crippen LogP contribution in [0.5, 0.6) is 0 Å². The van der Waals surface area contributed by atoms with Crippen LogP contribution in [-0.2, 0) is 0 Å². The third kappa shape index (κ3) is 3.80. The molecule has 0 amide bonds. The predicted octanol–water partition coefficient (Wildman–Crippen LogP) is 5.62. The van der Waals surface area contributed by atoms with E-state index in [2.05, 4.69) is 35.1 Å². The fourth-order valence-corrected chi connectivity index (χ4v) is 4.06. The highest BCUT2D eigenvalue weighted by atomic mass is 79.9. The molecule has 0 radical (unpaired) electrons. The van der Waals surface area contributed by atoms with E-state index in [1.54, 1.807) is 0 Å². The molecule has 0 aromatic heterocycles. The molecule has 0 heterocycles. The van der Waals surface area contributed by atoms with Crippen LogP contribution in [0.3, 0.4) is 0 Å². The van der Waals surface area contributed by atoms with Gasteiger partial charge in [-0.15, -0.1) is 0 Å². The average molecular weight is 377 g/mol. The Labute approximate surface area is 140 Å². The van der Waals surface area contributed by atoms with E-state index in [1.165, 1.54) is 6.42 Å². The number of hydrogen-bond donors (Lipinski definition) is 1. The summed E-state index contributed by atoms with van der Waals surface area (Å²) in [6.45, 7) is 5.47. The van der Waals surface area contributed by atoms with Gasteiger partial charge in [0.05, 0.1) is 5.02 Å². The predicted molar refractivity (Wildman–Crippen MR) is 91.4 cm³/mol. The summed E-state index contributed by atoms with van der Waals surface area (Å²) in [5.74, 6) is 1.81. The first-order chi connectivity index (χ1) is 9.95. The summed E-state index contributed by atoms with van der Waals surface area (Å²) in [5, 5.41) is 3.47. The minimum absolute atomic E-state index is 0.211. The molecule has 0 spiro atoms. The molecule has 1 fully saturated rings. The van der Waals surface area contributed by atoms with Crippen molar-refractivity contribution in [3.05, 3.63) is 33.0 Å². The Morgan fingerprint density at radius 1 is 1.38 bits per heavy atom. The smallest absolute Gasteiger partial charge is 0.146 e. The molecule has 3 unspecified atom stereocenters. The van der Waals surface area contributed by atoms with Gasteiger partial charge in [0, 0.05) is 4.47 Å². The van der Waals surface area contributed by atoms with Gasteiger partial charge in [-0.2, -0.15) is 0 Å². The van der Waals surface area contributed by atoms with E-state index < -0.39 is 0 Å². The second kappa shape index (κ2) is 7.43. The fourth-order valence-electron chi connectivity index (χ4n) is 3.59. The molecule has 1 aliphatic rings. The monoisotopic (exact) mass is 375 g/mol. The van der Waals surface area contributed by atoms with Crippen molar-refractivity contribution in [1.29, 1.82) is 0 Å². The SMILES string of the molecule is CNCC1CCC(C(C)C)CC1c1ccc(Br)c(Cl)c1F. The Morgan fingerprint density at radius 2 is 2.10 bits per heavy atom. The van der Waals surface area contributed by atoms with Crippen molar-refractivity contribution in [2.45, 2.75) is 39.0 Å². The Morgan fingerprint density at radius 3 is 2.71 bits per heavy atom. The van der Waals surface area contributed by atoms with Gasteiger partial charge in [-0.1, -0.05) is 31.5 Å². The highest BCUT2D eigenvalue weighted by Gasteiger charge is 2.34. The van der Waals surface area contributed by atoms with Crippen LogP contribution in [0, 0.1) is 23.6 Å². The maximum absolute atomic E-state index is 14.6.